The van der Waals surface area contributed by atoms with Crippen LogP contribution in [-0.4, -0.2) is 36.5 Å². The molecule has 2 rings (SSSR count). The number of aliphatic hydroxyl groups is 1. The maximum absolute atomic E-state index is 9.86. The minimum atomic E-state index is -0.195. The summed E-state index contributed by atoms with van der Waals surface area (Å²) in [6.45, 7) is 10.9. The van der Waals surface area contributed by atoms with Crippen molar-refractivity contribution in [3.8, 4) is 0 Å². The van der Waals surface area contributed by atoms with Gasteiger partial charge in [-0.15, -0.1) is 0 Å². The van der Waals surface area contributed by atoms with Gasteiger partial charge in [0.2, 0.25) is 0 Å². The molecule has 0 amide bonds. The molecule has 3 atom stereocenters. The van der Waals surface area contributed by atoms with Crippen LogP contribution in [0.15, 0.2) is 0 Å². The fourth-order valence-electron chi connectivity index (χ4n) is 4.18. The van der Waals surface area contributed by atoms with E-state index in [-0.39, 0.29) is 12.1 Å². The summed E-state index contributed by atoms with van der Waals surface area (Å²) in [4.78, 5) is 0. The number of hydrogen-bond donors (Lipinski definition) is 2. The van der Waals surface area contributed by atoms with E-state index in [1.807, 2.05) is 0 Å². The largest absolute Gasteiger partial charge is 0.394 e. The van der Waals surface area contributed by atoms with Crippen LogP contribution in [0.25, 0.3) is 0 Å². The molecule has 0 saturated heterocycles. The van der Waals surface area contributed by atoms with Crippen molar-refractivity contribution in [3.63, 3.8) is 0 Å². The van der Waals surface area contributed by atoms with Crippen LogP contribution >= 0.6 is 0 Å². The molecule has 20 heavy (non-hydrogen) atoms. The molecule has 0 aromatic rings. The van der Waals surface area contributed by atoms with E-state index in [1.165, 1.54) is 25.7 Å². The molecule has 2 N–H and O–H groups in total. The van der Waals surface area contributed by atoms with E-state index < -0.39 is 0 Å². The van der Waals surface area contributed by atoms with Gasteiger partial charge in [0.05, 0.1) is 24.9 Å². The average molecular weight is 283 g/mol. The van der Waals surface area contributed by atoms with Crippen LogP contribution in [0.2, 0.25) is 0 Å². The molecule has 0 heterocycles. The highest BCUT2D eigenvalue weighted by Crippen LogP contribution is 2.42. The van der Waals surface area contributed by atoms with Gasteiger partial charge in [0.1, 0.15) is 0 Å². The summed E-state index contributed by atoms with van der Waals surface area (Å²) in [6, 6.07) is 0. The third-order valence-electron chi connectivity index (χ3n) is 5.09. The van der Waals surface area contributed by atoms with Crippen LogP contribution in [0, 0.1) is 17.3 Å². The second-order valence-electron chi connectivity index (χ2n) is 7.97. The molecular weight excluding hydrogens is 250 g/mol. The highest BCUT2D eigenvalue weighted by Gasteiger charge is 2.45. The van der Waals surface area contributed by atoms with Crippen LogP contribution in [0.1, 0.15) is 59.8 Å². The Morgan fingerprint density at radius 2 is 2.00 bits per heavy atom. The van der Waals surface area contributed by atoms with Gasteiger partial charge in [-0.05, 0) is 55.9 Å². The van der Waals surface area contributed by atoms with Crippen molar-refractivity contribution in [2.45, 2.75) is 71.4 Å². The van der Waals surface area contributed by atoms with Gasteiger partial charge in [-0.3, -0.25) is 0 Å². The number of likely N-dealkylation sites (N-methyl/N-ethyl adjacent to an activating group) is 1. The summed E-state index contributed by atoms with van der Waals surface area (Å²) in [5, 5.41) is 13.4. The van der Waals surface area contributed by atoms with E-state index in [4.69, 9.17) is 4.74 Å². The fourth-order valence-corrected chi connectivity index (χ4v) is 4.18. The molecule has 2 aliphatic rings. The van der Waals surface area contributed by atoms with Crippen LogP contribution in [0.4, 0.5) is 0 Å². The number of rotatable bonds is 7. The van der Waals surface area contributed by atoms with Gasteiger partial charge in [0, 0.05) is 0 Å². The molecule has 0 aliphatic heterocycles. The molecule has 118 valence electrons. The Labute approximate surface area is 124 Å². The van der Waals surface area contributed by atoms with Crippen molar-refractivity contribution in [1.29, 1.82) is 0 Å². The summed E-state index contributed by atoms with van der Waals surface area (Å²) >= 11 is 0. The molecule has 2 fully saturated rings. The Morgan fingerprint density at radius 1 is 1.30 bits per heavy atom. The van der Waals surface area contributed by atoms with Crippen molar-refractivity contribution in [3.05, 3.63) is 0 Å². The smallest absolute Gasteiger partial charge is 0.0679 e. The molecule has 3 unspecified atom stereocenters. The van der Waals surface area contributed by atoms with Crippen molar-refractivity contribution in [2.24, 2.45) is 17.3 Å². The zero-order valence-electron chi connectivity index (χ0n) is 13.7. The molecule has 2 aliphatic carbocycles. The second-order valence-corrected chi connectivity index (χ2v) is 7.97. The summed E-state index contributed by atoms with van der Waals surface area (Å²) in [5.74, 6) is 1.34. The van der Waals surface area contributed by atoms with Crippen molar-refractivity contribution >= 4 is 0 Å². The third kappa shape index (κ3) is 3.96. The van der Waals surface area contributed by atoms with Gasteiger partial charge in [-0.25, -0.2) is 0 Å². The first-order valence-corrected chi connectivity index (χ1v) is 8.38. The summed E-state index contributed by atoms with van der Waals surface area (Å²) < 4.78 is 6.28. The Kier molecular flexibility index (Phi) is 5.14. The number of hydrogen-bond acceptors (Lipinski definition) is 3. The predicted molar refractivity (Wildman–Crippen MR) is 82.8 cm³/mol. The SMILES string of the molecule is CCNC(CO)(COC1CC(C)CC(C)(C)C1)C1CC1. The monoisotopic (exact) mass is 283 g/mol. The Morgan fingerprint density at radius 3 is 2.50 bits per heavy atom. The first-order valence-electron chi connectivity index (χ1n) is 8.38. The lowest BCUT2D eigenvalue weighted by atomic mass is 9.71. The molecule has 0 radical (unpaired) electrons. The Hall–Kier alpha value is -0.120. The quantitative estimate of drug-likeness (QED) is 0.755. The van der Waals surface area contributed by atoms with E-state index in [0.29, 0.717) is 24.0 Å². The summed E-state index contributed by atoms with van der Waals surface area (Å²) in [7, 11) is 0. The van der Waals surface area contributed by atoms with Crippen LogP contribution in [-0.2, 0) is 4.74 Å². The van der Waals surface area contributed by atoms with E-state index in [2.05, 4.69) is 33.0 Å². The number of nitrogens with one attached hydrogen (secondary N) is 1. The van der Waals surface area contributed by atoms with E-state index in [0.717, 1.165) is 18.9 Å². The van der Waals surface area contributed by atoms with Crippen LogP contribution in [0.5, 0.6) is 0 Å². The van der Waals surface area contributed by atoms with Gasteiger partial charge in [-0.2, -0.15) is 0 Å². The fraction of sp³-hybridized carbons (Fsp3) is 1.00. The molecular formula is C17H33NO2. The molecule has 0 spiro atoms. The Balaban J connectivity index is 1.91. The standard InChI is InChI=1S/C17H33NO2/c1-5-18-17(11-19,14-6-7-14)12-20-15-8-13(2)9-16(3,4)10-15/h13-15,18-19H,5-12H2,1-4H3. The van der Waals surface area contributed by atoms with Gasteiger partial charge in [0.25, 0.3) is 0 Å². The van der Waals surface area contributed by atoms with Gasteiger partial charge in [0.15, 0.2) is 0 Å². The van der Waals surface area contributed by atoms with E-state index in [1.54, 1.807) is 0 Å². The molecule has 0 aromatic carbocycles. The van der Waals surface area contributed by atoms with Crippen molar-refractivity contribution < 1.29 is 9.84 Å². The van der Waals surface area contributed by atoms with Gasteiger partial charge < -0.3 is 15.2 Å². The highest BCUT2D eigenvalue weighted by molar-refractivity contribution is 5.01. The van der Waals surface area contributed by atoms with Gasteiger partial charge >= 0.3 is 0 Å². The minimum Gasteiger partial charge on any atom is -0.394 e. The lowest BCUT2D eigenvalue weighted by Crippen LogP contribution is -2.55. The van der Waals surface area contributed by atoms with E-state index >= 15 is 0 Å². The highest BCUT2D eigenvalue weighted by atomic mass is 16.5. The second kappa shape index (κ2) is 6.33. The zero-order valence-corrected chi connectivity index (χ0v) is 13.7. The normalized spacial score (nSPS) is 32.9. The maximum atomic E-state index is 9.86. The first kappa shape index (κ1) is 16.3. The minimum absolute atomic E-state index is 0.192. The molecule has 2 saturated carbocycles. The molecule has 0 aromatic heterocycles. The lowest BCUT2D eigenvalue weighted by molar-refractivity contribution is -0.0606. The molecule has 3 nitrogen and oxygen atoms in total. The van der Waals surface area contributed by atoms with Gasteiger partial charge in [-0.1, -0.05) is 27.7 Å². The summed E-state index contributed by atoms with van der Waals surface area (Å²) in [6.07, 6.45) is 6.43. The Bertz CT molecular complexity index is 314. The maximum Gasteiger partial charge on any atom is 0.0679 e. The first-order chi connectivity index (χ1) is 9.41. The molecule has 0 bridgehead atoms. The average Bonchev–Trinajstić information content (AvgIpc) is 3.16. The summed E-state index contributed by atoms with van der Waals surface area (Å²) in [5.41, 5.74) is 0.196. The van der Waals surface area contributed by atoms with Crippen molar-refractivity contribution in [1.82, 2.24) is 5.32 Å². The van der Waals surface area contributed by atoms with Crippen molar-refractivity contribution in [2.75, 3.05) is 19.8 Å². The lowest BCUT2D eigenvalue weighted by Gasteiger charge is -2.41. The topological polar surface area (TPSA) is 41.5 Å². The number of ether oxygens (including phenoxy) is 1. The molecule has 3 heteroatoms. The van der Waals surface area contributed by atoms with E-state index in [9.17, 15) is 5.11 Å². The predicted octanol–water partition coefficient (Wildman–Crippen LogP) is 2.97. The zero-order chi connectivity index (χ0) is 14.8. The third-order valence-corrected chi connectivity index (χ3v) is 5.09. The number of aliphatic hydroxyl groups excluding tert-OH is 1. The van der Waals surface area contributed by atoms with Crippen LogP contribution in [0.3, 0.4) is 0 Å². The van der Waals surface area contributed by atoms with Crippen LogP contribution < -0.4 is 5.32 Å².